The van der Waals surface area contributed by atoms with Gasteiger partial charge < -0.3 is 15.0 Å². The predicted octanol–water partition coefficient (Wildman–Crippen LogP) is 1.46. The van der Waals surface area contributed by atoms with E-state index in [9.17, 15) is 4.79 Å². The van der Waals surface area contributed by atoms with Gasteiger partial charge >= 0.3 is 6.09 Å². The maximum Gasteiger partial charge on any atom is 0.409 e. The molecule has 4 heteroatoms. The number of amides is 1. The highest BCUT2D eigenvalue weighted by atomic mass is 16.5. The number of nitrogens with one attached hydrogen (secondary N) is 1. The number of nitrogens with zero attached hydrogens (tertiary/aromatic N) is 1. The normalized spacial score (nSPS) is 26.5. The van der Waals surface area contributed by atoms with Gasteiger partial charge in [0.25, 0.3) is 0 Å². The van der Waals surface area contributed by atoms with Crippen molar-refractivity contribution in [3.63, 3.8) is 0 Å². The highest BCUT2D eigenvalue weighted by Gasteiger charge is 2.28. The number of carbonyl (C=O) groups is 1. The lowest BCUT2D eigenvalue weighted by molar-refractivity contribution is 0.0944. The van der Waals surface area contributed by atoms with Crippen molar-refractivity contribution in [2.45, 2.75) is 32.7 Å². The first-order valence-electron chi connectivity index (χ1n) is 5.75. The molecular formula is C11H22N2O2. The lowest BCUT2D eigenvalue weighted by Gasteiger charge is -2.36. The van der Waals surface area contributed by atoms with Gasteiger partial charge in [0.1, 0.15) is 0 Å². The average Bonchev–Trinajstić information content (AvgIpc) is 2.26. The zero-order valence-corrected chi connectivity index (χ0v) is 9.95. The molecule has 1 rings (SSSR count). The van der Waals surface area contributed by atoms with Crippen LogP contribution in [0.3, 0.4) is 0 Å². The summed E-state index contributed by atoms with van der Waals surface area (Å²) in [6, 6.07) is 0.547. The number of hydrogen-bond donors (Lipinski definition) is 1. The van der Waals surface area contributed by atoms with Crippen LogP contribution in [0.5, 0.6) is 0 Å². The molecule has 88 valence electrons. The number of carbonyl (C=O) groups excluding carboxylic acids is 1. The lowest BCUT2D eigenvalue weighted by Crippen LogP contribution is -2.50. The van der Waals surface area contributed by atoms with Crippen molar-refractivity contribution in [1.29, 1.82) is 0 Å². The predicted molar refractivity (Wildman–Crippen MR) is 59.8 cm³/mol. The fourth-order valence-electron chi connectivity index (χ4n) is 2.07. The van der Waals surface area contributed by atoms with Crippen molar-refractivity contribution >= 4 is 6.09 Å². The Balaban J connectivity index is 2.37. The second-order valence-corrected chi connectivity index (χ2v) is 4.24. The maximum absolute atomic E-state index is 11.3. The first-order chi connectivity index (χ1) is 7.19. The highest BCUT2D eigenvalue weighted by molar-refractivity contribution is 5.67. The van der Waals surface area contributed by atoms with E-state index >= 15 is 0 Å². The Morgan fingerprint density at radius 3 is 2.87 bits per heavy atom. The van der Waals surface area contributed by atoms with E-state index in [0.29, 0.717) is 12.0 Å². The van der Waals surface area contributed by atoms with Gasteiger partial charge in [-0.25, -0.2) is 4.79 Å². The van der Waals surface area contributed by atoms with Crippen LogP contribution in [0.25, 0.3) is 0 Å². The molecule has 0 spiro atoms. The molecule has 1 aliphatic rings. The molecule has 0 radical (unpaired) electrons. The molecule has 1 heterocycles. The molecule has 1 fully saturated rings. The second kappa shape index (κ2) is 5.95. The smallest absolute Gasteiger partial charge is 0.409 e. The SMILES string of the molecule is CCCNC1CCN(C(=O)OC)CC1C. The molecule has 2 unspecified atom stereocenters. The van der Waals surface area contributed by atoms with Gasteiger partial charge in [0, 0.05) is 19.1 Å². The topological polar surface area (TPSA) is 41.6 Å². The van der Waals surface area contributed by atoms with Crippen molar-refractivity contribution in [1.82, 2.24) is 10.2 Å². The summed E-state index contributed by atoms with van der Waals surface area (Å²) in [6.45, 7) is 7.02. The van der Waals surface area contributed by atoms with Gasteiger partial charge in [-0.15, -0.1) is 0 Å². The van der Waals surface area contributed by atoms with Crippen LogP contribution >= 0.6 is 0 Å². The fraction of sp³-hybridized carbons (Fsp3) is 0.909. The van der Waals surface area contributed by atoms with E-state index in [1.54, 1.807) is 4.90 Å². The van der Waals surface area contributed by atoms with Gasteiger partial charge in [-0.2, -0.15) is 0 Å². The third-order valence-electron chi connectivity index (χ3n) is 2.99. The number of piperidine rings is 1. The molecule has 4 nitrogen and oxygen atoms in total. The molecule has 2 atom stereocenters. The van der Waals surface area contributed by atoms with E-state index in [4.69, 9.17) is 4.74 Å². The van der Waals surface area contributed by atoms with E-state index in [1.807, 2.05) is 0 Å². The van der Waals surface area contributed by atoms with E-state index in [0.717, 1.165) is 32.5 Å². The van der Waals surface area contributed by atoms with Gasteiger partial charge in [-0.1, -0.05) is 13.8 Å². The summed E-state index contributed by atoms with van der Waals surface area (Å²) in [5.74, 6) is 0.504. The van der Waals surface area contributed by atoms with E-state index in [2.05, 4.69) is 19.2 Å². The third kappa shape index (κ3) is 3.38. The number of ether oxygens (including phenoxy) is 1. The average molecular weight is 214 g/mol. The zero-order chi connectivity index (χ0) is 11.3. The molecule has 1 aliphatic heterocycles. The summed E-state index contributed by atoms with van der Waals surface area (Å²) >= 11 is 0. The molecule has 0 aromatic heterocycles. The summed E-state index contributed by atoms with van der Waals surface area (Å²) in [4.78, 5) is 13.1. The van der Waals surface area contributed by atoms with Gasteiger partial charge in [0.15, 0.2) is 0 Å². The summed E-state index contributed by atoms with van der Waals surface area (Å²) in [5.41, 5.74) is 0. The summed E-state index contributed by atoms with van der Waals surface area (Å²) in [7, 11) is 1.44. The van der Waals surface area contributed by atoms with Gasteiger partial charge in [0.05, 0.1) is 7.11 Å². The third-order valence-corrected chi connectivity index (χ3v) is 2.99. The molecule has 1 amide bonds. The van der Waals surface area contributed by atoms with Crippen LogP contribution in [0.2, 0.25) is 0 Å². The number of hydrogen-bond acceptors (Lipinski definition) is 3. The Labute approximate surface area is 92.0 Å². The molecule has 0 aliphatic carbocycles. The lowest BCUT2D eigenvalue weighted by atomic mass is 9.94. The molecular weight excluding hydrogens is 192 g/mol. The van der Waals surface area contributed by atoms with Crippen LogP contribution in [0.4, 0.5) is 4.79 Å². The maximum atomic E-state index is 11.3. The van der Waals surface area contributed by atoms with Crippen molar-refractivity contribution in [3.05, 3.63) is 0 Å². The molecule has 0 aromatic carbocycles. The van der Waals surface area contributed by atoms with Crippen LogP contribution < -0.4 is 5.32 Å². The molecule has 0 saturated carbocycles. The van der Waals surface area contributed by atoms with Crippen molar-refractivity contribution < 1.29 is 9.53 Å². The van der Waals surface area contributed by atoms with E-state index in [1.165, 1.54) is 7.11 Å². The first kappa shape index (κ1) is 12.3. The molecule has 15 heavy (non-hydrogen) atoms. The Morgan fingerprint density at radius 2 is 2.33 bits per heavy atom. The standard InChI is InChI=1S/C11H22N2O2/c1-4-6-12-10-5-7-13(8-9(10)2)11(14)15-3/h9-10,12H,4-8H2,1-3H3. The zero-order valence-electron chi connectivity index (χ0n) is 9.95. The van der Waals surface area contributed by atoms with Crippen LogP contribution in [0, 0.1) is 5.92 Å². The quantitative estimate of drug-likeness (QED) is 0.773. The van der Waals surface area contributed by atoms with Crippen molar-refractivity contribution in [2.24, 2.45) is 5.92 Å². The number of likely N-dealkylation sites (tertiary alicyclic amines) is 1. The van der Waals surface area contributed by atoms with Gasteiger partial charge in [-0.3, -0.25) is 0 Å². The molecule has 1 N–H and O–H groups in total. The second-order valence-electron chi connectivity index (χ2n) is 4.24. The monoisotopic (exact) mass is 214 g/mol. The Morgan fingerprint density at radius 1 is 1.60 bits per heavy atom. The minimum Gasteiger partial charge on any atom is -0.453 e. The van der Waals surface area contributed by atoms with Crippen LogP contribution in [-0.2, 0) is 4.74 Å². The molecule has 0 bridgehead atoms. The minimum atomic E-state index is -0.198. The number of methoxy groups -OCH3 is 1. The largest absolute Gasteiger partial charge is 0.453 e. The number of rotatable bonds is 3. The van der Waals surface area contributed by atoms with Crippen molar-refractivity contribution in [2.75, 3.05) is 26.7 Å². The summed E-state index contributed by atoms with van der Waals surface area (Å²) in [6.07, 6.45) is 1.98. The summed E-state index contributed by atoms with van der Waals surface area (Å²) < 4.78 is 4.72. The van der Waals surface area contributed by atoms with E-state index < -0.39 is 0 Å². The van der Waals surface area contributed by atoms with Crippen molar-refractivity contribution in [3.8, 4) is 0 Å². The highest BCUT2D eigenvalue weighted by Crippen LogP contribution is 2.17. The Kier molecular flexibility index (Phi) is 4.88. The van der Waals surface area contributed by atoms with Crippen LogP contribution in [-0.4, -0.2) is 43.8 Å². The summed E-state index contributed by atoms with van der Waals surface area (Å²) in [5, 5.41) is 3.52. The van der Waals surface area contributed by atoms with Gasteiger partial charge in [-0.05, 0) is 25.3 Å². The van der Waals surface area contributed by atoms with E-state index in [-0.39, 0.29) is 6.09 Å². The van der Waals surface area contributed by atoms with Gasteiger partial charge in [0.2, 0.25) is 0 Å². The minimum absolute atomic E-state index is 0.198. The first-order valence-corrected chi connectivity index (χ1v) is 5.75. The molecule has 1 saturated heterocycles. The fourth-order valence-corrected chi connectivity index (χ4v) is 2.07. The Bertz CT molecular complexity index is 209. The van der Waals surface area contributed by atoms with Crippen LogP contribution in [0.1, 0.15) is 26.7 Å². The van der Waals surface area contributed by atoms with Crippen LogP contribution in [0.15, 0.2) is 0 Å². The Hall–Kier alpha value is -0.770. The molecule has 0 aromatic rings.